The molecule has 0 saturated carbocycles. The molecular weight excluding hydrogens is 400 g/mol. The van der Waals surface area contributed by atoms with E-state index in [0.29, 0.717) is 10.9 Å². The maximum atomic E-state index is 5.78. The van der Waals surface area contributed by atoms with Crippen LogP contribution in [-0.2, 0) is 4.74 Å². The van der Waals surface area contributed by atoms with Gasteiger partial charge in [0.25, 0.3) is 0 Å². The van der Waals surface area contributed by atoms with Gasteiger partial charge in [-0.15, -0.1) is 0 Å². The van der Waals surface area contributed by atoms with Crippen LogP contribution in [0.25, 0.3) is 0 Å². The smallest absolute Gasteiger partial charge is 0.162 e. The summed E-state index contributed by atoms with van der Waals surface area (Å²) in [7, 11) is 0. The summed E-state index contributed by atoms with van der Waals surface area (Å²) in [4.78, 5) is 0.299. The Bertz CT molecular complexity index is 487. The summed E-state index contributed by atoms with van der Waals surface area (Å²) < 4.78 is 18.3. The molecule has 1 saturated heterocycles. The lowest BCUT2D eigenvalue weighted by molar-refractivity contribution is 0.102. The molecule has 0 N–H and O–H groups in total. The lowest BCUT2D eigenvalue weighted by atomic mass is 10.0. The molecule has 3 rings (SSSR count). The maximum absolute atomic E-state index is 5.78. The van der Waals surface area contributed by atoms with E-state index in [9.17, 15) is 0 Å². The highest BCUT2D eigenvalue weighted by Crippen LogP contribution is 2.41. The van der Waals surface area contributed by atoms with Gasteiger partial charge in [0.2, 0.25) is 0 Å². The van der Waals surface area contributed by atoms with Crippen molar-refractivity contribution in [2.75, 3.05) is 19.8 Å². The molecule has 2 atom stereocenters. The number of ether oxygens (including phenoxy) is 3. The van der Waals surface area contributed by atoms with Crippen LogP contribution in [0.5, 0.6) is 11.5 Å². The fourth-order valence-corrected chi connectivity index (χ4v) is 4.35. The molecule has 2 aliphatic rings. The number of halogens is 2. The van der Waals surface area contributed by atoms with E-state index >= 15 is 0 Å². The first-order valence-electron chi connectivity index (χ1n) is 7.59. The van der Waals surface area contributed by atoms with Gasteiger partial charge in [-0.05, 0) is 43.4 Å². The molecule has 0 aromatic heterocycles. The van der Waals surface area contributed by atoms with Crippen molar-refractivity contribution in [2.24, 2.45) is 0 Å². The fourth-order valence-electron chi connectivity index (χ4n) is 2.80. The summed E-state index contributed by atoms with van der Waals surface area (Å²) in [5, 5.41) is 0. The first-order chi connectivity index (χ1) is 10.2. The van der Waals surface area contributed by atoms with Crippen molar-refractivity contribution in [3.63, 3.8) is 0 Å². The minimum absolute atomic E-state index is 0.299. The number of alkyl halides is 1. The lowest BCUT2D eigenvalue weighted by Crippen LogP contribution is -2.06. The quantitative estimate of drug-likeness (QED) is 0.642. The molecule has 2 heterocycles. The highest BCUT2D eigenvalue weighted by molar-refractivity contribution is 9.11. The summed E-state index contributed by atoms with van der Waals surface area (Å²) in [5.74, 6) is 1.69. The zero-order valence-electron chi connectivity index (χ0n) is 11.9. The Balaban J connectivity index is 1.69. The SMILES string of the molecule is Brc1cc2c(cc1C(Br)CCC1CCCO1)OCCCO2. The standard InChI is InChI=1S/C16H20Br2O3/c17-13(5-4-11-3-1-6-19-11)12-9-15-16(10-14(12)18)21-8-2-7-20-15/h9-11,13H,1-8H2. The van der Waals surface area contributed by atoms with E-state index in [0.717, 1.165) is 55.1 Å². The van der Waals surface area contributed by atoms with Gasteiger partial charge >= 0.3 is 0 Å². The second-order valence-corrected chi connectivity index (χ2v) is 7.51. The van der Waals surface area contributed by atoms with Gasteiger partial charge in [-0.1, -0.05) is 31.9 Å². The van der Waals surface area contributed by atoms with E-state index in [2.05, 4.69) is 37.9 Å². The molecule has 0 amide bonds. The van der Waals surface area contributed by atoms with Crippen LogP contribution in [0, 0.1) is 0 Å². The summed E-state index contributed by atoms with van der Waals surface area (Å²) >= 11 is 7.47. The van der Waals surface area contributed by atoms with Crippen molar-refractivity contribution in [1.29, 1.82) is 0 Å². The first-order valence-corrected chi connectivity index (χ1v) is 9.29. The van der Waals surface area contributed by atoms with Gasteiger partial charge in [0, 0.05) is 22.3 Å². The molecule has 5 heteroatoms. The van der Waals surface area contributed by atoms with Crippen LogP contribution >= 0.6 is 31.9 Å². The van der Waals surface area contributed by atoms with Crippen molar-refractivity contribution in [1.82, 2.24) is 0 Å². The number of benzene rings is 1. The predicted octanol–water partition coefficient (Wildman–Crippen LogP) is 5.01. The third kappa shape index (κ3) is 3.93. The molecule has 0 radical (unpaired) electrons. The Labute approximate surface area is 142 Å². The largest absolute Gasteiger partial charge is 0.490 e. The molecule has 1 aromatic rings. The molecule has 1 aromatic carbocycles. The highest BCUT2D eigenvalue weighted by atomic mass is 79.9. The van der Waals surface area contributed by atoms with E-state index < -0.39 is 0 Å². The molecule has 21 heavy (non-hydrogen) atoms. The number of hydrogen-bond donors (Lipinski definition) is 0. The Hall–Kier alpha value is -0.260. The van der Waals surface area contributed by atoms with Crippen LogP contribution in [0.4, 0.5) is 0 Å². The van der Waals surface area contributed by atoms with Gasteiger partial charge < -0.3 is 14.2 Å². The van der Waals surface area contributed by atoms with Gasteiger partial charge in [-0.25, -0.2) is 0 Å². The van der Waals surface area contributed by atoms with Crippen LogP contribution in [0.1, 0.15) is 42.5 Å². The van der Waals surface area contributed by atoms with Crippen molar-refractivity contribution >= 4 is 31.9 Å². The number of hydrogen-bond acceptors (Lipinski definition) is 3. The highest BCUT2D eigenvalue weighted by Gasteiger charge is 2.21. The lowest BCUT2D eigenvalue weighted by Gasteiger charge is -2.17. The normalized spacial score (nSPS) is 22.9. The monoisotopic (exact) mass is 418 g/mol. The third-order valence-electron chi connectivity index (χ3n) is 3.97. The topological polar surface area (TPSA) is 27.7 Å². The van der Waals surface area contributed by atoms with Crippen molar-refractivity contribution in [2.45, 2.75) is 43.0 Å². The van der Waals surface area contributed by atoms with Gasteiger partial charge in [0.05, 0.1) is 19.3 Å². The van der Waals surface area contributed by atoms with Crippen molar-refractivity contribution < 1.29 is 14.2 Å². The Morgan fingerprint density at radius 2 is 1.86 bits per heavy atom. The van der Waals surface area contributed by atoms with Crippen LogP contribution in [0.15, 0.2) is 16.6 Å². The zero-order valence-corrected chi connectivity index (χ0v) is 15.1. The van der Waals surface area contributed by atoms with Gasteiger partial charge in [-0.3, -0.25) is 0 Å². The van der Waals surface area contributed by atoms with E-state index in [-0.39, 0.29) is 0 Å². The minimum atomic E-state index is 0.299. The van der Waals surface area contributed by atoms with Crippen LogP contribution in [-0.4, -0.2) is 25.9 Å². The number of rotatable bonds is 4. The van der Waals surface area contributed by atoms with Gasteiger partial charge in [-0.2, -0.15) is 0 Å². The Morgan fingerprint density at radius 3 is 2.57 bits per heavy atom. The molecule has 3 nitrogen and oxygen atoms in total. The van der Waals surface area contributed by atoms with Gasteiger partial charge in [0.15, 0.2) is 11.5 Å². The fraction of sp³-hybridized carbons (Fsp3) is 0.625. The van der Waals surface area contributed by atoms with E-state index in [4.69, 9.17) is 14.2 Å². The molecule has 0 spiro atoms. The van der Waals surface area contributed by atoms with E-state index in [1.165, 1.54) is 18.4 Å². The molecule has 1 fully saturated rings. The average Bonchev–Trinajstić information content (AvgIpc) is 2.89. The Morgan fingerprint density at radius 1 is 1.10 bits per heavy atom. The van der Waals surface area contributed by atoms with Gasteiger partial charge in [0.1, 0.15) is 0 Å². The second-order valence-electron chi connectivity index (χ2n) is 5.55. The predicted molar refractivity (Wildman–Crippen MR) is 89.6 cm³/mol. The molecule has 2 aliphatic heterocycles. The van der Waals surface area contributed by atoms with Crippen molar-refractivity contribution in [3.05, 3.63) is 22.2 Å². The average molecular weight is 420 g/mol. The van der Waals surface area contributed by atoms with Crippen LogP contribution in [0.3, 0.4) is 0 Å². The Kier molecular flexibility index (Phi) is 5.46. The molecular formula is C16H20Br2O3. The molecule has 0 bridgehead atoms. The van der Waals surface area contributed by atoms with E-state index in [1.807, 2.05) is 6.07 Å². The zero-order chi connectivity index (χ0) is 14.7. The molecule has 2 unspecified atom stereocenters. The third-order valence-corrected chi connectivity index (χ3v) is 5.61. The van der Waals surface area contributed by atoms with Crippen LogP contribution < -0.4 is 9.47 Å². The van der Waals surface area contributed by atoms with Crippen molar-refractivity contribution in [3.8, 4) is 11.5 Å². The summed E-state index contributed by atoms with van der Waals surface area (Å²) in [5.41, 5.74) is 1.22. The number of fused-ring (bicyclic) bond motifs is 1. The molecule has 116 valence electrons. The first kappa shape index (κ1) is 15.6. The summed E-state index contributed by atoms with van der Waals surface area (Å²) in [6.45, 7) is 2.36. The molecule has 0 aliphatic carbocycles. The summed E-state index contributed by atoms with van der Waals surface area (Å²) in [6, 6.07) is 4.12. The second kappa shape index (κ2) is 7.34. The minimum Gasteiger partial charge on any atom is -0.490 e. The summed E-state index contributed by atoms with van der Waals surface area (Å²) in [6.07, 6.45) is 5.91. The van der Waals surface area contributed by atoms with E-state index in [1.54, 1.807) is 0 Å². The maximum Gasteiger partial charge on any atom is 0.162 e. The van der Waals surface area contributed by atoms with Crippen LogP contribution in [0.2, 0.25) is 0 Å².